The Morgan fingerprint density at radius 3 is 2.91 bits per heavy atom. The van der Waals surface area contributed by atoms with E-state index in [4.69, 9.17) is 15.3 Å². The van der Waals surface area contributed by atoms with Gasteiger partial charge in [-0.15, -0.1) is 0 Å². The normalized spacial score (nSPS) is 24.7. The third-order valence-electron chi connectivity index (χ3n) is 4.22. The summed E-state index contributed by atoms with van der Waals surface area (Å²) < 4.78 is 5.90. The van der Waals surface area contributed by atoms with Crippen LogP contribution in [0.4, 0.5) is 0 Å². The molecular weight excluding hydrogens is 294 g/mol. The second-order valence-electron chi connectivity index (χ2n) is 6.10. The molecule has 0 saturated carbocycles. The van der Waals surface area contributed by atoms with Crippen LogP contribution in [0.1, 0.15) is 31.0 Å². The molecule has 2 aliphatic rings. The molecular formula is C16H17N5O2. The number of guanidine groups is 1. The molecule has 7 heteroatoms. The van der Waals surface area contributed by atoms with Crippen molar-refractivity contribution in [3.63, 3.8) is 0 Å². The molecule has 0 fully saturated rings. The lowest BCUT2D eigenvalue weighted by Crippen LogP contribution is -2.55. The number of nitrogens with one attached hydrogen (secondary N) is 1. The van der Waals surface area contributed by atoms with E-state index in [0.29, 0.717) is 30.4 Å². The second kappa shape index (κ2) is 5.45. The molecule has 0 aliphatic carbocycles. The Hall–Kier alpha value is -2.77. The summed E-state index contributed by atoms with van der Waals surface area (Å²) in [5, 5.41) is 31.4. The number of benzene rings is 1. The first-order valence-electron chi connectivity index (χ1n) is 7.35. The summed E-state index contributed by atoms with van der Waals surface area (Å²) in [7, 11) is 0. The van der Waals surface area contributed by atoms with Crippen molar-refractivity contribution in [1.82, 2.24) is 10.2 Å². The maximum absolute atomic E-state index is 10.8. The SMILES string of the molecule is CC1(C)Oc2ccc(C#N)cc2C(N2CCN=C2NC#N)C1O. The van der Waals surface area contributed by atoms with Gasteiger partial charge in [0, 0.05) is 12.1 Å². The summed E-state index contributed by atoms with van der Waals surface area (Å²) >= 11 is 0. The van der Waals surface area contributed by atoms with E-state index in [0.717, 1.165) is 5.56 Å². The Bertz CT molecular complexity index is 744. The molecule has 0 radical (unpaired) electrons. The molecule has 7 nitrogen and oxygen atoms in total. The minimum Gasteiger partial charge on any atom is -0.485 e. The van der Waals surface area contributed by atoms with Crippen LogP contribution < -0.4 is 10.1 Å². The van der Waals surface area contributed by atoms with Crippen LogP contribution in [0.15, 0.2) is 23.2 Å². The van der Waals surface area contributed by atoms with Gasteiger partial charge in [0.15, 0.2) is 6.19 Å². The monoisotopic (exact) mass is 311 g/mol. The number of hydrogen-bond donors (Lipinski definition) is 2. The van der Waals surface area contributed by atoms with E-state index in [1.165, 1.54) is 0 Å². The van der Waals surface area contributed by atoms with Gasteiger partial charge in [-0.25, -0.2) is 0 Å². The molecule has 2 atom stereocenters. The molecule has 2 heterocycles. The summed E-state index contributed by atoms with van der Waals surface area (Å²) in [6.45, 7) is 4.76. The molecule has 2 unspecified atom stereocenters. The minimum atomic E-state index is -0.840. The lowest BCUT2D eigenvalue weighted by atomic mass is 9.85. The predicted molar refractivity (Wildman–Crippen MR) is 82.4 cm³/mol. The predicted octanol–water partition coefficient (Wildman–Crippen LogP) is 0.874. The zero-order valence-corrected chi connectivity index (χ0v) is 12.9. The van der Waals surface area contributed by atoms with Gasteiger partial charge in [0.1, 0.15) is 17.5 Å². The smallest absolute Gasteiger partial charge is 0.208 e. The fourth-order valence-electron chi connectivity index (χ4n) is 3.07. The summed E-state index contributed by atoms with van der Waals surface area (Å²) in [5.41, 5.74) is 0.423. The standard InChI is InChI=1S/C16H17N5O2/c1-16(2)14(22)13(21-6-5-19-15(21)20-9-18)11-7-10(8-17)3-4-12(11)23-16/h3-4,7,13-14,22H,5-6H2,1-2H3,(H,19,20). The number of rotatable bonds is 1. The van der Waals surface area contributed by atoms with Gasteiger partial charge >= 0.3 is 0 Å². The first-order valence-corrected chi connectivity index (χ1v) is 7.35. The van der Waals surface area contributed by atoms with Gasteiger partial charge in [-0.1, -0.05) is 0 Å². The van der Waals surface area contributed by atoms with E-state index in [1.54, 1.807) is 18.2 Å². The zero-order valence-electron chi connectivity index (χ0n) is 12.9. The average molecular weight is 311 g/mol. The van der Waals surface area contributed by atoms with Crippen LogP contribution >= 0.6 is 0 Å². The number of ether oxygens (including phenoxy) is 1. The van der Waals surface area contributed by atoms with Crippen molar-refractivity contribution in [3.8, 4) is 18.0 Å². The first-order chi connectivity index (χ1) is 11.0. The Morgan fingerprint density at radius 2 is 2.22 bits per heavy atom. The number of fused-ring (bicyclic) bond motifs is 1. The summed E-state index contributed by atoms with van der Waals surface area (Å²) in [5.74, 6) is 1.06. The molecule has 2 aliphatic heterocycles. The maximum Gasteiger partial charge on any atom is 0.208 e. The van der Waals surface area contributed by atoms with E-state index in [2.05, 4.69) is 16.4 Å². The lowest BCUT2D eigenvalue weighted by Gasteiger charge is -2.45. The maximum atomic E-state index is 10.8. The van der Waals surface area contributed by atoms with Crippen molar-refractivity contribution in [3.05, 3.63) is 29.3 Å². The van der Waals surface area contributed by atoms with E-state index in [-0.39, 0.29) is 0 Å². The van der Waals surface area contributed by atoms with Gasteiger partial charge in [0.05, 0.1) is 24.2 Å². The fourth-order valence-corrected chi connectivity index (χ4v) is 3.07. The summed E-state index contributed by atoms with van der Waals surface area (Å²) in [4.78, 5) is 6.13. The van der Waals surface area contributed by atoms with Crippen LogP contribution in [0.25, 0.3) is 0 Å². The van der Waals surface area contributed by atoms with Gasteiger partial charge in [-0.05, 0) is 32.0 Å². The molecule has 0 aromatic heterocycles. The molecule has 23 heavy (non-hydrogen) atoms. The largest absolute Gasteiger partial charge is 0.485 e. The highest BCUT2D eigenvalue weighted by atomic mass is 16.5. The molecule has 3 rings (SSSR count). The Balaban J connectivity index is 2.10. The molecule has 2 N–H and O–H groups in total. The summed E-state index contributed by atoms with van der Waals surface area (Å²) in [6.07, 6.45) is 1.03. The molecule has 0 amide bonds. The molecule has 118 valence electrons. The molecule has 1 aromatic rings. The van der Waals surface area contributed by atoms with Gasteiger partial charge < -0.3 is 14.7 Å². The molecule has 0 bridgehead atoms. The van der Waals surface area contributed by atoms with Crippen molar-refractivity contribution in [2.75, 3.05) is 13.1 Å². The van der Waals surface area contributed by atoms with Crippen molar-refractivity contribution in [2.24, 2.45) is 4.99 Å². The number of hydrogen-bond acceptors (Lipinski definition) is 7. The minimum absolute atomic E-state index is 0.433. The fraction of sp³-hybridized carbons (Fsp3) is 0.438. The van der Waals surface area contributed by atoms with Crippen molar-refractivity contribution in [2.45, 2.75) is 31.6 Å². The van der Waals surface area contributed by atoms with E-state index in [1.807, 2.05) is 24.9 Å². The quantitative estimate of drug-likeness (QED) is 0.589. The highest BCUT2D eigenvalue weighted by Gasteiger charge is 2.47. The number of nitriles is 2. The van der Waals surface area contributed by atoms with Crippen molar-refractivity contribution >= 4 is 5.96 Å². The highest BCUT2D eigenvalue weighted by molar-refractivity contribution is 5.83. The van der Waals surface area contributed by atoms with Gasteiger partial charge in [0.25, 0.3) is 0 Å². The number of aliphatic imine (C=N–C) groups is 1. The topological polar surface area (TPSA) is 105 Å². The lowest BCUT2D eigenvalue weighted by molar-refractivity contribution is -0.0805. The van der Waals surface area contributed by atoms with Gasteiger partial charge in [-0.3, -0.25) is 10.3 Å². The third-order valence-corrected chi connectivity index (χ3v) is 4.22. The molecule has 0 saturated heterocycles. The van der Waals surface area contributed by atoms with Crippen molar-refractivity contribution in [1.29, 1.82) is 10.5 Å². The average Bonchev–Trinajstić information content (AvgIpc) is 2.96. The molecule has 1 aromatic carbocycles. The number of nitrogens with zero attached hydrogens (tertiary/aromatic N) is 4. The van der Waals surface area contributed by atoms with E-state index < -0.39 is 17.7 Å². The zero-order chi connectivity index (χ0) is 16.6. The van der Waals surface area contributed by atoms with Crippen LogP contribution in [0, 0.1) is 22.8 Å². The van der Waals surface area contributed by atoms with E-state index in [9.17, 15) is 5.11 Å². The van der Waals surface area contributed by atoms with E-state index >= 15 is 0 Å². The summed E-state index contributed by atoms with van der Waals surface area (Å²) in [6, 6.07) is 6.83. The third kappa shape index (κ3) is 2.45. The van der Waals surface area contributed by atoms with Gasteiger partial charge in [-0.2, -0.15) is 10.5 Å². The van der Waals surface area contributed by atoms with Crippen LogP contribution in [-0.4, -0.2) is 40.8 Å². The van der Waals surface area contributed by atoms with Crippen molar-refractivity contribution < 1.29 is 9.84 Å². The van der Waals surface area contributed by atoms with Crippen LogP contribution in [0.5, 0.6) is 5.75 Å². The number of aliphatic hydroxyl groups is 1. The molecule has 0 spiro atoms. The first kappa shape index (κ1) is 15.1. The highest BCUT2D eigenvalue weighted by Crippen LogP contribution is 2.43. The second-order valence-corrected chi connectivity index (χ2v) is 6.10. The van der Waals surface area contributed by atoms with Crippen LogP contribution in [-0.2, 0) is 0 Å². The Morgan fingerprint density at radius 1 is 1.43 bits per heavy atom. The Kier molecular flexibility index (Phi) is 3.59. The van der Waals surface area contributed by atoms with Crippen LogP contribution in [0.3, 0.4) is 0 Å². The number of aliphatic hydroxyl groups excluding tert-OH is 1. The Labute approximate surface area is 134 Å². The van der Waals surface area contributed by atoms with Crippen LogP contribution in [0.2, 0.25) is 0 Å². The van der Waals surface area contributed by atoms with Gasteiger partial charge in [0.2, 0.25) is 5.96 Å².